The van der Waals surface area contributed by atoms with Gasteiger partial charge in [0.2, 0.25) is 4.80 Å². The van der Waals surface area contributed by atoms with Gasteiger partial charge < -0.3 is 14.2 Å². The number of hydrogen-bond acceptors (Lipinski definition) is 7. The molecule has 3 aromatic rings. The molecule has 8 heteroatoms. The van der Waals surface area contributed by atoms with Crippen LogP contribution in [0.2, 0.25) is 0 Å². The maximum atomic E-state index is 8.97. The zero-order valence-corrected chi connectivity index (χ0v) is 17.3. The van der Waals surface area contributed by atoms with Crippen LogP contribution < -0.4 is 14.3 Å². The third-order valence-electron chi connectivity index (χ3n) is 4.43. The van der Waals surface area contributed by atoms with Gasteiger partial charge >= 0.3 is 0 Å². The number of benzene rings is 2. The van der Waals surface area contributed by atoms with Gasteiger partial charge in [-0.15, -0.1) is 11.3 Å². The van der Waals surface area contributed by atoms with E-state index >= 15 is 0 Å². The molecule has 0 fully saturated rings. The molecule has 0 radical (unpaired) electrons. The fourth-order valence-electron chi connectivity index (χ4n) is 2.92. The van der Waals surface area contributed by atoms with E-state index in [1.54, 1.807) is 25.5 Å². The van der Waals surface area contributed by atoms with Gasteiger partial charge in [0, 0.05) is 18.1 Å². The molecule has 1 aliphatic heterocycles. The number of thiazole rings is 1. The quantitative estimate of drug-likeness (QED) is 0.453. The summed E-state index contributed by atoms with van der Waals surface area (Å²) in [6.07, 6.45) is 1.75. The van der Waals surface area contributed by atoms with Crippen molar-refractivity contribution in [2.24, 2.45) is 10.1 Å². The Balaban J connectivity index is 1.72. The summed E-state index contributed by atoms with van der Waals surface area (Å²) < 4.78 is 18.3. The van der Waals surface area contributed by atoms with Crippen molar-refractivity contribution in [3.63, 3.8) is 0 Å². The monoisotopic (exact) mass is 420 g/mol. The highest BCUT2D eigenvalue weighted by Gasteiger charge is 2.15. The molecule has 4 rings (SSSR count). The van der Waals surface area contributed by atoms with Gasteiger partial charge in [0.15, 0.2) is 11.5 Å². The largest absolute Gasteiger partial charge is 0.486 e. The SMILES string of the molecule is COCCN=c1scc(-c2ccc3c(c2)OCCO3)n1/N=C/c1ccc(C#N)cc1. The fourth-order valence-corrected chi connectivity index (χ4v) is 3.79. The van der Waals surface area contributed by atoms with Gasteiger partial charge in [-0.25, -0.2) is 4.68 Å². The van der Waals surface area contributed by atoms with Crippen molar-refractivity contribution < 1.29 is 14.2 Å². The lowest BCUT2D eigenvalue weighted by Crippen LogP contribution is -2.16. The maximum Gasteiger partial charge on any atom is 0.206 e. The number of aromatic nitrogens is 1. The van der Waals surface area contributed by atoms with Crippen LogP contribution >= 0.6 is 11.3 Å². The average Bonchev–Trinajstić information content (AvgIpc) is 3.20. The van der Waals surface area contributed by atoms with Crippen molar-refractivity contribution in [3.05, 3.63) is 63.8 Å². The van der Waals surface area contributed by atoms with E-state index in [4.69, 9.17) is 19.5 Å². The molecule has 0 spiro atoms. The molecule has 0 amide bonds. The van der Waals surface area contributed by atoms with E-state index in [0.717, 1.165) is 33.1 Å². The number of rotatable bonds is 6. The van der Waals surface area contributed by atoms with Crippen LogP contribution in [-0.4, -0.2) is 44.4 Å². The van der Waals surface area contributed by atoms with Crippen molar-refractivity contribution in [1.29, 1.82) is 5.26 Å². The van der Waals surface area contributed by atoms with Crippen molar-refractivity contribution in [1.82, 2.24) is 4.68 Å². The highest BCUT2D eigenvalue weighted by molar-refractivity contribution is 7.07. The second-order valence-corrected chi connectivity index (χ2v) is 7.26. The topological polar surface area (TPSA) is 81.1 Å². The second-order valence-electron chi connectivity index (χ2n) is 6.43. The van der Waals surface area contributed by atoms with E-state index < -0.39 is 0 Å². The first kappa shape index (κ1) is 19.9. The van der Waals surface area contributed by atoms with Gasteiger partial charge in [-0.1, -0.05) is 12.1 Å². The van der Waals surface area contributed by atoms with E-state index in [9.17, 15) is 0 Å². The van der Waals surface area contributed by atoms with Crippen molar-refractivity contribution in [2.45, 2.75) is 0 Å². The molecule has 7 nitrogen and oxygen atoms in total. The van der Waals surface area contributed by atoms with Gasteiger partial charge in [0.05, 0.1) is 36.7 Å². The zero-order valence-electron chi connectivity index (χ0n) is 16.4. The number of ether oxygens (including phenoxy) is 3. The lowest BCUT2D eigenvalue weighted by molar-refractivity contribution is 0.171. The Labute approximate surface area is 178 Å². The van der Waals surface area contributed by atoms with Crippen LogP contribution in [0.3, 0.4) is 0 Å². The standard InChI is InChI=1S/C22H20N4O3S/c1-27-9-8-24-22-26(25-14-17-4-2-16(13-23)3-5-17)19(15-30-22)18-6-7-20-21(12-18)29-11-10-28-20/h2-7,12,14-15H,8-11H2,1H3/b24-22?,25-14+. The van der Waals surface area contributed by atoms with Crippen molar-refractivity contribution >= 4 is 17.6 Å². The molecule has 152 valence electrons. The van der Waals surface area contributed by atoms with Crippen LogP contribution in [-0.2, 0) is 4.74 Å². The van der Waals surface area contributed by atoms with Gasteiger partial charge in [-0.05, 0) is 35.9 Å². The summed E-state index contributed by atoms with van der Waals surface area (Å²) in [4.78, 5) is 5.38. The molecule has 0 atom stereocenters. The third-order valence-corrected chi connectivity index (χ3v) is 5.28. The average molecular weight is 420 g/mol. The molecular weight excluding hydrogens is 400 g/mol. The van der Waals surface area contributed by atoms with Gasteiger partial charge in [0.1, 0.15) is 13.2 Å². The number of hydrogen-bond donors (Lipinski definition) is 0. The molecule has 0 bridgehead atoms. The molecule has 0 aliphatic carbocycles. The molecule has 2 aromatic carbocycles. The fraction of sp³-hybridized carbons (Fsp3) is 0.227. The summed E-state index contributed by atoms with van der Waals surface area (Å²) in [5.74, 6) is 1.48. The summed E-state index contributed by atoms with van der Waals surface area (Å²) in [5.41, 5.74) is 3.37. The first-order chi connectivity index (χ1) is 14.8. The molecule has 2 heterocycles. The molecule has 0 N–H and O–H groups in total. The van der Waals surface area contributed by atoms with Crippen molar-refractivity contribution in [2.75, 3.05) is 33.5 Å². The Bertz CT molecular complexity index is 1160. The van der Waals surface area contributed by atoms with Gasteiger partial charge in [-0.3, -0.25) is 4.99 Å². The lowest BCUT2D eigenvalue weighted by Gasteiger charge is -2.18. The van der Waals surface area contributed by atoms with E-state index in [0.29, 0.717) is 31.9 Å². The van der Waals surface area contributed by atoms with Crippen LogP contribution in [0.1, 0.15) is 11.1 Å². The maximum absolute atomic E-state index is 8.97. The minimum absolute atomic E-state index is 0.536. The Morgan fingerprint density at radius 2 is 1.97 bits per heavy atom. The number of nitrogens with zero attached hydrogens (tertiary/aromatic N) is 4. The number of fused-ring (bicyclic) bond motifs is 1. The lowest BCUT2D eigenvalue weighted by atomic mass is 10.1. The summed E-state index contributed by atoms with van der Waals surface area (Å²) in [7, 11) is 1.65. The van der Waals surface area contributed by atoms with Crippen LogP contribution in [0, 0.1) is 11.3 Å². The highest BCUT2D eigenvalue weighted by atomic mass is 32.1. The first-order valence-corrected chi connectivity index (χ1v) is 10.3. The van der Waals surface area contributed by atoms with Crippen molar-refractivity contribution in [3.8, 4) is 28.8 Å². The molecular formula is C22H20N4O3S. The Morgan fingerprint density at radius 3 is 2.73 bits per heavy atom. The van der Waals surface area contributed by atoms with Crippen LogP contribution in [0.25, 0.3) is 11.3 Å². The Hall–Kier alpha value is -3.41. The minimum Gasteiger partial charge on any atom is -0.486 e. The second kappa shape index (κ2) is 9.39. The van der Waals surface area contributed by atoms with E-state index in [1.165, 1.54) is 11.3 Å². The third kappa shape index (κ3) is 4.43. The summed E-state index contributed by atoms with van der Waals surface area (Å²) >= 11 is 1.51. The minimum atomic E-state index is 0.536. The zero-order chi connectivity index (χ0) is 20.8. The van der Waals surface area contributed by atoms with Crippen LogP contribution in [0.15, 0.2) is 57.9 Å². The number of methoxy groups -OCH3 is 1. The molecule has 0 unspecified atom stereocenters. The Kier molecular flexibility index (Phi) is 6.23. The Morgan fingerprint density at radius 1 is 1.17 bits per heavy atom. The predicted molar refractivity (Wildman–Crippen MR) is 115 cm³/mol. The summed E-state index contributed by atoms with van der Waals surface area (Å²) in [5, 5.41) is 15.7. The van der Waals surface area contributed by atoms with E-state index in [1.807, 2.05) is 40.4 Å². The molecule has 1 aliphatic rings. The van der Waals surface area contributed by atoms with Crippen LogP contribution in [0.4, 0.5) is 0 Å². The molecule has 0 saturated heterocycles. The predicted octanol–water partition coefficient (Wildman–Crippen LogP) is 3.29. The molecule has 0 saturated carbocycles. The van der Waals surface area contributed by atoms with Gasteiger partial charge in [0.25, 0.3) is 0 Å². The van der Waals surface area contributed by atoms with E-state index in [-0.39, 0.29) is 0 Å². The molecule has 1 aromatic heterocycles. The highest BCUT2D eigenvalue weighted by Crippen LogP contribution is 2.34. The smallest absolute Gasteiger partial charge is 0.206 e. The summed E-state index contributed by atoms with van der Waals surface area (Å²) in [6, 6.07) is 15.2. The number of nitriles is 1. The van der Waals surface area contributed by atoms with E-state index in [2.05, 4.69) is 16.2 Å². The molecule has 30 heavy (non-hydrogen) atoms. The van der Waals surface area contributed by atoms with Gasteiger partial charge in [-0.2, -0.15) is 10.4 Å². The summed E-state index contributed by atoms with van der Waals surface area (Å²) in [6.45, 7) is 2.18. The first-order valence-electron chi connectivity index (χ1n) is 9.43. The van der Waals surface area contributed by atoms with Crippen LogP contribution in [0.5, 0.6) is 11.5 Å². The normalized spacial score (nSPS) is 13.5.